The number of aliphatic hydroxyl groups is 1. The van der Waals surface area contributed by atoms with Crippen LogP contribution >= 0.6 is 0 Å². The maximum atomic E-state index is 13.1. The number of nitrogens with two attached hydrogens (primary N) is 1. The molecule has 6 heteroatoms. The van der Waals surface area contributed by atoms with Gasteiger partial charge in [-0.05, 0) is 12.0 Å². The first kappa shape index (κ1) is 16.4. The van der Waals surface area contributed by atoms with Crippen molar-refractivity contribution in [2.75, 3.05) is 12.3 Å². The van der Waals surface area contributed by atoms with Gasteiger partial charge in [0.25, 0.3) is 5.91 Å². The van der Waals surface area contributed by atoms with E-state index in [1.54, 1.807) is 0 Å². The number of carbonyl (C=O) groups excluding carboxylic acids is 1. The van der Waals surface area contributed by atoms with Crippen LogP contribution in [0.4, 0.5) is 14.5 Å². The predicted octanol–water partition coefficient (Wildman–Crippen LogP) is 2.07. The summed E-state index contributed by atoms with van der Waals surface area (Å²) in [5, 5.41) is 12.4. The molecule has 1 atom stereocenters. The van der Waals surface area contributed by atoms with Crippen LogP contribution in [0.25, 0.3) is 0 Å². The van der Waals surface area contributed by atoms with Crippen LogP contribution in [0.15, 0.2) is 12.1 Å². The van der Waals surface area contributed by atoms with Gasteiger partial charge >= 0.3 is 0 Å². The fourth-order valence-corrected chi connectivity index (χ4v) is 2.05. The molecule has 4 nitrogen and oxygen atoms in total. The molecule has 0 spiro atoms. The van der Waals surface area contributed by atoms with Gasteiger partial charge in [0.15, 0.2) is 11.6 Å². The Labute approximate surface area is 117 Å². The molecular formula is C14H20F2N2O2. The summed E-state index contributed by atoms with van der Waals surface area (Å²) in [4.78, 5) is 11.8. The summed E-state index contributed by atoms with van der Waals surface area (Å²) < 4.78 is 26.0. The van der Waals surface area contributed by atoms with Crippen LogP contribution < -0.4 is 11.1 Å². The van der Waals surface area contributed by atoms with E-state index < -0.39 is 23.6 Å². The van der Waals surface area contributed by atoms with Gasteiger partial charge in [-0.3, -0.25) is 4.79 Å². The second-order valence-electron chi connectivity index (χ2n) is 4.71. The Balaban J connectivity index is 2.70. The number of carbonyl (C=O) groups is 1. The topological polar surface area (TPSA) is 75.3 Å². The Morgan fingerprint density at radius 1 is 1.30 bits per heavy atom. The Kier molecular flexibility index (Phi) is 5.88. The number of rotatable bonds is 6. The second kappa shape index (κ2) is 7.19. The standard InChI is InChI=1S/C14H20F2N2O2/c1-3-8(4-2)13(19)7-18-14(20)9-5-10(15)11(16)6-12(9)17/h5-6,8,13,19H,3-4,7,17H2,1-2H3,(H,18,20). The number of benzene rings is 1. The first-order chi connectivity index (χ1) is 9.40. The van der Waals surface area contributed by atoms with Crippen molar-refractivity contribution in [1.82, 2.24) is 5.32 Å². The number of hydrogen-bond acceptors (Lipinski definition) is 3. The average Bonchev–Trinajstić information content (AvgIpc) is 2.41. The highest BCUT2D eigenvalue weighted by molar-refractivity contribution is 5.99. The SMILES string of the molecule is CCC(CC)C(O)CNC(=O)c1cc(F)c(F)cc1N. The van der Waals surface area contributed by atoms with E-state index in [-0.39, 0.29) is 23.7 Å². The molecule has 1 aromatic carbocycles. The van der Waals surface area contributed by atoms with Crippen LogP contribution in [0.5, 0.6) is 0 Å². The largest absolute Gasteiger partial charge is 0.398 e. The highest BCUT2D eigenvalue weighted by Crippen LogP contribution is 2.17. The third-order valence-corrected chi connectivity index (χ3v) is 3.40. The van der Waals surface area contributed by atoms with E-state index in [1.165, 1.54) is 0 Å². The third kappa shape index (κ3) is 3.90. The van der Waals surface area contributed by atoms with Crippen molar-refractivity contribution in [3.05, 3.63) is 29.3 Å². The van der Waals surface area contributed by atoms with Gasteiger partial charge < -0.3 is 16.2 Å². The zero-order valence-electron chi connectivity index (χ0n) is 11.6. The second-order valence-corrected chi connectivity index (χ2v) is 4.71. The minimum Gasteiger partial charge on any atom is -0.398 e. The maximum absolute atomic E-state index is 13.1. The minimum atomic E-state index is -1.13. The number of anilines is 1. The predicted molar refractivity (Wildman–Crippen MR) is 73.2 cm³/mol. The van der Waals surface area contributed by atoms with E-state index in [4.69, 9.17) is 5.73 Å². The van der Waals surface area contributed by atoms with Gasteiger partial charge in [-0.1, -0.05) is 26.7 Å². The molecule has 0 aliphatic rings. The molecule has 0 fully saturated rings. The quantitative estimate of drug-likeness (QED) is 0.701. The molecule has 1 rings (SSSR count). The Morgan fingerprint density at radius 3 is 2.40 bits per heavy atom. The van der Waals surface area contributed by atoms with Gasteiger partial charge in [0, 0.05) is 18.3 Å². The first-order valence-corrected chi connectivity index (χ1v) is 6.61. The van der Waals surface area contributed by atoms with Crippen LogP contribution in [0, 0.1) is 17.6 Å². The fraction of sp³-hybridized carbons (Fsp3) is 0.500. The molecule has 0 aromatic heterocycles. The highest BCUT2D eigenvalue weighted by Gasteiger charge is 2.18. The highest BCUT2D eigenvalue weighted by atomic mass is 19.2. The molecule has 4 N–H and O–H groups in total. The van der Waals surface area contributed by atoms with Crippen molar-refractivity contribution in [2.24, 2.45) is 5.92 Å². The van der Waals surface area contributed by atoms with Crippen LogP contribution in [-0.2, 0) is 0 Å². The van der Waals surface area contributed by atoms with E-state index in [2.05, 4.69) is 5.32 Å². The molecular weight excluding hydrogens is 266 g/mol. The molecule has 0 saturated heterocycles. The number of nitrogen functional groups attached to an aromatic ring is 1. The van der Waals surface area contributed by atoms with E-state index in [9.17, 15) is 18.7 Å². The molecule has 0 bridgehead atoms. The summed E-state index contributed by atoms with van der Waals surface area (Å²) in [6.45, 7) is 3.95. The number of amides is 1. The lowest BCUT2D eigenvalue weighted by molar-refractivity contribution is 0.0817. The van der Waals surface area contributed by atoms with Crippen molar-refractivity contribution >= 4 is 11.6 Å². The number of nitrogens with one attached hydrogen (secondary N) is 1. The average molecular weight is 286 g/mol. The van der Waals surface area contributed by atoms with E-state index in [0.29, 0.717) is 0 Å². The van der Waals surface area contributed by atoms with Crippen LogP contribution in [-0.4, -0.2) is 23.7 Å². The summed E-state index contributed by atoms with van der Waals surface area (Å²) in [5.74, 6) is -2.79. The fourth-order valence-electron chi connectivity index (χ4n) is 2.05. The maximum Gasteiger partial charge on any atom is 0.253 e. The molecule has 0 aliphatic heterocycles. The summed E-state index contributed by atoms with van der Waals surface area (Å²) >= 11 is 0. The smallest absolute Gasteiger partial charge is 0.253 e. The molecule has 1 amide bonds. The van der Waals surface area contributed by atoms with Crippen LogP contribution in [0.1, 0.15) is 37.0 Å². The zero-order chi connectivity index (χ0) is 15.3. The molecule has 20 heavy (non-hydrogen) atoms. The monoisotopic (exact) mass is 286 g/mol. The summed E-state index contributed by atoms with van der Waals surface area (Å²) in [6.07, 6.45) is 0.905. The molecule has 1 aromatic rings. The van der Waals surface area contributed by atoms with E-state index >= 15 is 0 Å². The third-order valence-electron chi connectivity index (χ3n) is 3.40. The molecule has 0 radical (unpaired) electrons. The molecule has 0 heterocycles. The Hall–Kier alpha value is -1.69. The summed E-state index contributed by atoms with van der Waals surface area (Å²) in [7, 11) is 0. The van der Waals surface area contributed by atoms with Crippen molar-refractivity contribution in [2.45, 2.75) is 32.8 Å². The Morgan fingerprint density at radius 2 is 1.85 bits per heavy atom. The van der Waals surface area contributed by atoms with Gasteiger partial charge in [-0.2, -0.15) is 0 Å². The van der Waals surface area contributed by atoms with E-state index in [0.717, 1.165) is 25.0 Å². The van der Waals surface area contributed by atoms with Gasteiger partial charge in [0.1, 0.15) is 0 Å². The van der Waals surface area contributed by atoms with Crippen LogP contribution in [0.3, 0.4) is 0 Å². The van der Waals surface area contributed by atoms with Crippen molar-refractivity contribution in [3.8, 4) is 0 Å². The van der Waals surface area contributed by atoms with Crippen LogP contribution in [0.2, 0.25) is 0 Å². The van der Waals surface area contributed by atoms with E-state index in [1.807, 2.05) is 13.8 Å². The summed E-state index contributed by atoms with van der Waals surface area (Å²) in [6, 6.07) is 1.52. The van der Waals surface area contributed by atoms with Crippen molar-refractivity contribution in [3.63, 3.8) is 0 Å². The lowest BCUT2D eigenvalue weighted by atomic mass is 9.96. The van der Waals surface area contributed by atoms with Gasteiger partial charge in [0.05, 0.1) is 11.7 Å². The number of halogens is 2. The zero-order valence-corrected chi connectivity index (χ0v) is 11.6. The molecule has 0 aliphatic carbocycles. The lowest BCUT2D eigenvalue weighted by Crippen LogP contribution is -2.36. The van der Waals surface area contributed by atoms with Gasteiger partial charge in [-0.25, -0.2) is 8.78 Å². The lowest BCUT2D eigenvalue weighted by Gasteiger charge is -2.20. The minimum absolute atomic E-state index is 0.0453. The molecule has 0 saturated carbocycles. The van der Waals surface area contributed by atoms with Gasteiger partial charge in [0.2, 0.25) is 0 Å². The summed E-state index contributed by atoms with van der Waals surface area (Å²) in [5.41, 5.74) is 5.20. The number of hydrogen-bond donors (Lipinski definition) is 3. The molecule has 112 valence electrons. The molecule has 1 unspecified atom stereocenters. The van der Waals surface area contributed by atoms with Crippen molar-refractivity contribution in [1.29, 1.82) is 0 Å². The first-order valence-electron chi connectivity index (χ1n) is 6.61. The normalized spacial score (nSPS) is 12.5. The van der Waals surface area contributed by atoms with Gasteiger partial charge in [-0.15, -0.1) is 0 Å². The number of aliphatic hydroxyl groups excluding tert-OH is 1. The van der Waals surface area contributed by atoms with Crippen molar-refractivity contribution < 1.29 is 18.7 Å². The Bertz CT molecular complexity index is 476.